The lowest BCUT2D eigenvalue weighted by atomic mass is 9.95. The van der Waals surface area contributed by atoms with E-state index in [1.165, 1.54) is 12.7 Å². The Hall–Kier alpha value is -2.75. The van der Waals surface area contributed by atoms with Crippen LogP contribution in [0.4, 0.5) is 0 Å². The molecular weight excluding hydrogens is 326 g/mol. The molecule has 9 heteroatoms. The zero-order valence-corrected chi connectivity index (χ0v) is 13.1. The van der Waals surface area contributed by atoms with Gasteiger partial charge >= 0.3 is 0 Å². The minimum atomic E-state index is -0.929. The Morgan fingerprint density at radius 1 is 1.20 bits per heavy atom. The van der Waals surface area contributed by atoms with Gasteiger partial charge in [-0.05, 0) is 12.2 Å². The highest BCUT2D eigenvalue weighted by atomic mass is 16.5. The number of aromatic nitrogens is 4. The van der Waals surface area contributed by atoms with Crippen LogP contribution in [0.1, 0.15) is 6.23 Å². The lowest BCUT2D eigenvalue weighted by molar-refractivity contribution is -0.0444. The van der Waals surface area contributed by atoms with Gasteiger partial charge in [-0.15, -0.1) is 0 Å². The van der Waals surface area contributed by atoms with E-state index in [2.05, 4.69) is 20.3 Å². The number of allylic oxidation sites excluding steroid dienone is 4. The van der Waals surface area contributed by atoms with Crippen molar-refractivity contribution in [2.45, 2.75) is 18.4 Å². The number of ether oxygens (including phenoxy) is 1. The topological polar surface area (TPSA) is 126 Å². The van der Waals surface area contributed by atoms with Gasteiger partial charge in [-0.25, -0.2) is 9.97 Å². The summed E-state index contributed by atoms with van der Waals surface area (Å²) in [6.45, 7) is -0.319. The number of imidazole rings is 1. The fourth-order valence-electron chi connectivity index (χ4n) is 3.18. The molecule has 2 aromatic rings. The molecule has 1 saturated heterocycles. The largest absolute Gasteiger partial charge is 0.492 e. The maximum absolute atomic E-state index is 10.7. The van der Waals surface area contributed by atoms with E-state index in [0.717, 1.165) is 5.70 Å². The van der Waals surface area contributed by atoms with Crippen LogP contribution < -0.4 is 5.32 Å². The van der Waals surface area contributed by atoms with Gasteiger partial charge in [0.1, 0.15) is 18.7 Å². The van der Waals surface area contributed by atoms with Gasteiger partial charge < -0.3 is 25.4 Å². The van der Waals surface area contributed by atoms with Gasteiger partial charge in [0, 0.05) is 11.9 Å². The second kappa shape index (κ2) is 6.28. The number of fused-ring (bicyclic) bond motifs is 1. The van der Waals surface area contributed by atoms with Crippen molar-refractivity contribution in [1.29, 1.82) is 0 Å². The van der Waals surface area contributed by atoms with E-state index in [1.807, 2.05) is 24.3 Å². The predicted octanol–water partition coefficient (Wildman–Crippen LogP) is -0.0443. The molecule has 4 heterocycles. The van der Waals surface area contributed by atoms with Crippen molar-refractivity contribution in [3.05, 3.63) is 48.9 Å². The van der Waals surface area contributed by atoms with Crippen molar-refractivity contribution in [1.82, 2.24) is 24.8 Å². The summed E-state index contributed by atoms with van der Waals surface area (Å²) in [5, 5.41) is 33.2. The second-order valence-electron chi connectivity index (χ2n) is 5.80. The quantitative estimate of drug-likeness (QED) is 0.611. The molecular formula is C16H17N5O4. The Kier molecular flexibility index (Phi) is 3.96. The van der Waals surface area contributed by atoms with Gasteiger partial charge in [0.2, 0.25) is 5.88 Å². The van der Waals surface area contributed by atoms with E-state index < -0.39 is 24.4 Å². The van der Waals surface area contributed by atoms with Gasteiger partial charge in [0.05, 0.1) is 25.0 Å². The van der Waals surface area contributed by atoms with Crippen LogP contribution in [0.2, 0.25) is 0 Å². The Morgan fingerprint density at radius 3 is 2.92 bits per heavy atom. The van der Waals surface area contributed by atoms with Crippen LogP contribution in [-0.2, 0) is 4.74 Å². The van der Waals surface area contributed by atoms with Crippen molar-refractivity contribution in [3.8, 4) is 5.88 Å². The predicted molar refractivity (Wildman–Crippen MR) is 87.0 cm³/mol. The number of hydrogen-bond acceptors (Lipinski definition) is 8. The molecule has 4 rings (SSSR count). The molecule has 0 bridgehead atoms. The number of aliphatic hydroxyl groups excluding tert-OH is 2. The standard InChI is InChI=1S/C16H17N5O4/c22-6-10-13(23)11(9-4-2-1-3-5-17-9)16(25-10)21-8-20-12-14(21)18-7-19-15(12)24/h1-5,7-8,10-11,13,16-17,22-23H,6H2,(H,18,19,24)/t10-,11-,13-,16-/m1/s1. The highest BCUT2D eigenvalue weighted by molar-refractivity contribution is 5.75. The summed E-state index contributed by atoms with van der Waals surface area (Å²) in [5.74, 6) is -0.714. The van der Waals surface area contributed by atoms with Crippen LogP contribution in [0.15, 0.2) is 48.9 Å². The molecule has 130 valence electrons. The first-order chi connectivity index (χ1) is 12.2. The minimum absolute atomic E-state index is 0.227. The van der Waals surface area contributed by atoms with Gasteiger partial charge in [-0.3, -0.25) is 4.57 Å². The van der Waals surface area contributed by atoms with E-state index in [1.54, 1.807) is 10.8 Å². The second-order valence-corrected chi connectivity index (χ2v) is 5.80. The third kappa shape index (κ3) is 2.58. The van der Waals surface area contributed by atoms with E-state index >= 15 is 0 Å². The molecule has 9 nitrogen and oxygen atoms in total. The zero-order valence-electron chi connectivity index (χ0n) is 13.1. The van der Waals surface area contributed by atoms with Crippen molar-refractivity contribution in [2.24, 2.45) is 5.92 Å². The van der Waals surface area contributed by atoms with Gasteiger partial charge in [-0.1, -0.05) is 12.2 Å². The average Bonchev–Trinajstić information content (AvgIpc) is 3.07. The Balaban J connectivity index is 1.80. The smallest absolute Gasteiger partial charge is 0.242 e. The van der Waals surface area contributed by atoms with Gasteiger partial charge in [0.15, 0.2) is 11.2 Å². The fourth-order valence-corrected chi connectivity index (χ4v) is 3.18. The summed E-state index contributed by atoms with van der Waals surface area (Å²) in [4.78, 5) is 12.0. The van der Waals surface area contributed by atoms with Crippen LogP contribution in [0.25, 0.3) is 11.2 Å². The molecule has 0 radical (unpaired) electrons. The minimum Gasteiger partial charge on any atom is -0.492 e. The summed E-state index contributed by atoms with van der Waals surface area (Å²) < 4.78 is 7.50. The molecule has 2 aliphatic rings. The Bertz CT molecular complexity index is 875. The average molecular weight is 343 g/mol. The van der Waals surface area contributed by atoms with E-state index in [9.17, 15) is 15.3 Å². The van der Waals surface area contributed by atoms with Gasteiger partial charge in [-0.2, -0.15) is 4.98 Å². The maximum Gasteiger partial charge on any atom is 0.242 e. The van der Waals surface area contributed by atoms with Crippen molar-refractivity contribution in [3.63, 3.8) is 0 Å². The molecule has 0 saturated carbocycles. The maximum atomic E-state index is 10.7. The van der Waals surface area contributed by atoms with E-state index in [-0.39, 0.29) is 18.0 Å². The lowest BCUT2D eigenvalue weighted by Crippen LogP contribution is -2.33. The molecule has 1 fully saturated rings. The highest BCUT2D eigenvalue weighted by Gasteiger charge is 2.46. The normalized spacial score (nSPS) is 28.8. The van der Waals surface area contributed by atoms with Crippen molar-refractivity contribution in [2.75, 3.05) is 6.61 Å². The SMILES string of the molecule is OC[C@H]1O[C@@H](n2cnc3c(O)ncnc32)[C@H](C2=CC=CC=CN2)[C@@H]1O. The van der Waals surface area contributed by atoms with Crippen LogP contribution in [0.3, 0.4) is 0 Å². The molecule has 25 heavy (non-hydrogen) atoms. The molecule has 4 N–H and O–H groups in total. The van der Waals surface area contributed by atoms with E-state index in [0.29, 0.717) is 5.65 Å². The van der Waals surface area contributed by atoms with Crippen LogP contribution >= 0.6 is 0 Å². The Labute approximate surface area is 142 Å². The summed E-state index contributed by atoms with van der Waals surface area (Å²) in [5.41, 5.74) is 1.36. The number of rotatable bonds is 3. The van der Waals surface area contributed by atoms with Crippen LogP contribution in [0, 0.1) is 5.92 Å². The number of aliphatic hydroxyl groups is 2. The zero-order chi connectivity index (χ0) is 17.4. The first-order valence-corrected chi connectivity index (χ1v) is 7.81. The summed E-state index contributed by atoms with van der Waals surface area (Å²) in [6, 6.07) is 0. The third-order valence-corrected chi connectivity index (χ3v) is 4.37. The van der Waals surface area contributed by atoms with Crippen LogP contribution in [0.5, 0.6) is 5.88 Å². The summed E-state index contributed by atoms with van der Waals surface area (Å²) in [7, 11) is 0. The van der Waals surface area contributed by atoms with Gasteiger partial charge in [0.25, 0.3) is 0 Å². The van der Waals surface area contributed by atoms with Crippen molar-refractivity contribution >= 4 is 11.2 Å². The molecule has 0 aliphatic carbocycles. The summed E-state index contributed by atoms with van der Waals surface area (Å²) in [6.07, 6.45) is 9.51. The van der Waals surface area contributed by atoms with Crippen molar-refractivity contribution < 1.29 is 20.1 Å². The molecule has 4 atom stereocenters. The number of aromatic hydroxyl groups is 1. The monoisotopic (exact) mass is 343 g/mol. The number of hydrogen-bond donors (Lipinski definition) is 4. The Morgan fingerprint density at radius 2 is 2.08 bits per heavy atom. The molecule has 0 amide bonds. The highest BCUT2D eigenvalue weighted by Crippen LogP contribution is 2.40. The molecule has 0 spiro atoms. The first kappa shape index (κ1) is 15.8. The van der Waals surface area contributed by atoms with Crippen LogP contribution in [-0.4, -0.2) is 53.7 Å². The van der Waals surface area contributed by atoms with E-state index in [4.69, 9.17) is 4.74 Å². The number of nitrogens with zero attached hydrogens (tertiary/aromatic N) is 4. The number of nitrogens with one attached hydrogen (secondary N) is 1. The third-order valence-electron chi connectivity index (χ3n) is 4.37. The lowest BCUT2D eigenvalue weighted by Gasteiger charge is -2.24. The summed E-state index contributed by atoms with van der Waals surface area (Å²) >= 11 is 0. The molecule has 0 aromatic carbocycles. The molecule has 0 unspecified atom stereocenters. The molecule has 2 aromatic heterocycles. The first-order valence-electron chi connectivity index (χ1n) is 7.81. The molecule has 2 aliphatic heterocycles. The fraction of sp³-hybridized carbons (Fsp3) is 0.312.